The number of aromatic nitrogens is 3. The molecule has 0 aliphatic carbocycles. The summed E-state index contributed by atoms with van der Waals surface area (Å²) in [5.74, 6) is 1.13. The van der Waals surface area contributed by atoms with E-state index < -0.39 is 0 Å². The van der Waals surface area contributed by atoms with E-state index in [-0.39, 0.29) is 0 Å². The van der Waals surface area contributed by atoms with Gasteiger partial charge in [-0.25, -0.2) is 0 Å². The maximum absolute atomic E-state index is 5.68. The Morgan fingerprint density at radius 3 is 2.45 bits per heavy atom. The van der Waals surface area contributed by atoms with Crippen LogP contribution in [0.5, 0.6) is 0 Å². The molecule has 4 rings (SSSR count). The minimum absolute atomic E-state index is 0.427. The van der Waals surface area contributed by atoms with E-state index in [1.807, 2.05) is 16.8 Å². The van der Waals surface area contributed by atoms with Gasteiger partial charge < -0.3 is 14.2 Å². The molecule has 0 spiro atoms. The van der Waals surface area contributed by atoms with Gasteiger partial charge >= 0.3 is 0 Å². The number of hydrogen-bond acceptors (Lipinski definition) is 4. The molecule has 2 aromatic heterocycles. The Kier molecular flexibility index (Phi) is 6.18. The molecule has 0 bridgehead atoms. The zero-order valence-corrected chi connectivity index (χ0v) is 17.9. The molecule has 3 aromatic rings. The van der Waals surface area contributed by atoms with Crippen molar-refractivity contribution in [3.63, 3.8) is 0 Å². The Hall–Kier alpha value is -2.35. The highest BCUT2D eigenvalue weighted by Gasteiger charge is 2.24. The Bertz CT molecular complexity index is 972. The number of piperazine rings is 1. The largest absolute Gasteiger partial charge is 0.409 e. The maximum Gasteiger partial charge on any atom is 0.292 e. The third-order valence-electron chi connectivity index (χ3n) is 5.65. The summed E-state index contributed by atoms with van der Waals surface area (Å²) in [6.45, 7) is 10.8. The lowest BCUT2D eigenvalue weighted by atomic mass is 10.0. The second-order valence-electron chi connectivity index (χ2n) is 8.15. The summed E-state index contributed by atoms with van der Waals surface area (Å²) in [7, 11) is 0. The second-order valence-corrected chi connectivity index (χ2v) is 8.49. The highest BCUT2D eigenvalue weighted by atomic mass is 32.1. The SMILES string of the molecule is CC(C)c1ccc(C[NH+]2CC[NH+](Cn3nc(-c4cccnc4)oc3=S)CC2)cc1. The second kappa shape index (κ2) is 8.98. The highest BCUT2D eigenvalue weighted by Crippen LogP contribution is 2.15. The predicted molar refractivity (Wildman–Crippen MR) is 114 cm³/mol. The summed E-state index contributed by atoms with van der Waals surface area (Å²) in [6, 6.07) is 12.9. The van der Waals surface area contributed by atoms with Crippen molar-refractivity contribution in [3.8, 4) is 11.5 Å². The first-order chi connectivity index (χ1) is 14.1. The number of pyridine rings is 1. The number of nitrogens with one attached hydrogen (secondary N) is 2. The van der Waals surface area contributed by atoms with E-state index in [0.29, 0.717) is 16.6 Å². The van der Waals surface area contributed by atoms with E-state index in [2.05, 4.69) is 48.2 Å². The minimum atomic E-state index is 0.427. The molecule has 1 saturated heterocycles. The molecule has 152 valence electrons. The molecule has 0 radical (unpaired) electrons. The van der Waals surface area contributed by atoms with Crippen LogP contribution in [0.4, 0.5) is 0 Å². The van der Waals surface area contributed by atoms with Gasteiger partial charge in [-0.05, 0) is 35.8 Å². The Balaban J connectivity index is 1.31. The minimum Gasteiger partial charge on any atom is -0.409 e. The first-order valence-electron chi connectivity index (χ1n) is 10.3. The van der Waals surface area contributed by atoms with Gasteiger partial charge in [0, 0.05) is 18.0 Å². The lowest BCUT2D eigenvalue weighted by Crippen LogP contribution is -3.27. The molecule has 0 amide bonds. The number of benzene rings is 1. The molecular weight excluding hydrogens is 382 g/mol. The fourth-order valence-corrected chi connectivity index (χ4v) is 4.01. The average Bonchev–Trinajstić information content (AvgIpc) is 3.11. The van der Waals surface area contributed by atoms with Gasteiger partial charge in [0.05, 0.1) is 5.56 Å². The van der Waals surface area contributed by atoms with Gasteiger partial charge in [-0.15, -0.1) is 5.10 Å². The molecule has 1 aliphatic heterocycles. The van der Waals surface area contributed by atoms with Crippen LogP contribution in [-0.4, -0.2) is 40.9 Å². The summed E-state index contributed by atoms with van der Waals surface area (Å²) < 4.78 is 7.49. The van der Waals surface area contributed by atoms with Gasteiger partial charge in [0.15, 0.2) is 6.67 Å². The quantitative estimate of drug-likeness (QED) is 0.601. The van der Waals surface area contributed by atoms with Crippen LogP contribution in [-0.2, 0) is 13.2 Å². The lowest BCUT2D eigenvalue weighted by molar-refractivity contribution is -1.03. The predicted octanol–water partition coefficient (Wildman–Crippen LogP) is 1.33. The molecule has 7 heteroatoms. The molecule has 0 saturated carbocycles. The van der Waals surface area contributed by atoms with Gasteiger partial charge in [-0.3, -0.25) is 4.98 Å². The molecule has 0 unspecified atom stereocenters. The van der Waals surface area contributed by atoms with E-state index in [1.165, 1.54) is 16.0 Å². The fourth-order valence-electron chi connectivity index (χ4n) is 3.82. The monoisotopic (exact) mass is 411 g/mol. The van der Waals surface area contributed by atoms with Crippen LogP contribution >= 0.6 is 12.2 Å². The van der Waals surface area contributed by atoms with E-state index in [0.717, 1.165) is 45.0 Å². The smallest absolute Gasteiger partial charge is 0.292 e. The van der Waals surface area contributed by atoms with Crippen LogP contribution in [0.3, 0.4) is 0 Å². The lowest BCUT2D eigenvalue weighted by Gasteiger charge is -2.29. The van der Waals surface area contributed by atoms with Crippen molar-refractivity contribution in [1.82, 2.24) is 14.8 Å². The summed E-state index contributed by atoms with van der Waals surface area (Å²) in [5, 5.41) is 4.56. The summed E-state index contributed by atoms with van der Waals surface area (Å²) in [4.78, 5) is 7.68. The Morgan fingerprint density at radius 2 is 1.79 bits per heavy atom. The van der Waals surface area contributed by atoms with Crippen LogP contribution < -0.4 is 9.80 Å². The summed E-state index contributed by atoms with van der Waals surface area (Å²) >= 11 is 5.37. The molecule has 3 heterocycles. The molecule has 1 aliphatic rings. The van der Waals surface area contributed by atoms with Crippen LogP contribution in [0.25, 0.3) is 11.5 Å². The van der Waals surface area contributed by atoms with Crippen molar-refractivity contribution in [2.75, 3.05) is 26.2 Å². The maximum atomic E-state index is 5.68. The van der Waals surface area contributed by atoms with E-state index in [4.69, 9.17) is 16.6 Å². The molecule has 1 aromatic carbocycles. The topological polar surface area (TPSA) is 52.7 Å². The van der Waals surface area contributed by atoms with Crippen molar-refractivity contribution in [3.05, 3.63) is 64.8 Å². The van der Waals surface area contributed by atoms with Crippen molar-refractivity contribution in [2.24, 2.45) is 0 Å². The van der Waals surface area contributed by atoms with Crippen LogP contribution in [0.1, 0.15) is 30.9 Å². The first kappa shape index (κ1) is 19.9. The number of rotatable bonds is 6. The molecule has 6 nitrogen and oxygen atoms in total. The van der Waals surface area contributed by atoms with Crippen LogP contribution in [0.15, 0.2) is 53.2 Å². The molecule has 29 heavy (non-hydrogen) atoms. The third-order valence-corrected chi connectivity index (χ3v) is 5.95. The average molecular weight is 412 g/mol. The van der Waals surface area contributed by atoms with Gasteiger partial charge in [0.25, 0.3) is 4.84 Å². The van der Waals surface area contributed by atoms with Crippen molar-refractivity contribution in [2.45, 2.75) is 33.0 Å². The van der Waals surface area contributed by atoms with E-state index in [1.54, 1.807) is 17.3 Å². The van der Waals surface area contributed by atoms with Crippen molar-refractivity contribution in [1.29, 1.82) is 0 Å². The van der Waals surface area contributed by atoms with Gasteiger partial charge in [0.2, 0.25) is 5.89 Å². The number of quaternary nitrogens is 2. The van der Waals surface area contributed by atoms with Crippen LogP contribution in [0, 0.1) is 4.84 Å². The normalized spacial score (nSPS) is 19.6. The van der Waals surface area contributed by atoms with Gasteiger partial charge in [-0.2, -0.15) is 4.68 Å². The number of nitrogens with zero attached hydrogens (tertiary/aromatic N) is 3. The molecule has 1 fully saturated rings. The molecular formula is C22H29N5OS+2. The van der Waals surface area contributed by atoms with E-state index in [9.17, 15) is 0 Å². The molecule has 0 atom stereocenters. The fraction of sp³-hybridized carbons (Fsp3) is 0.409. The Labute approximate surface area is 176 Å². The summed E-state index contributed by atoms with van der Waals surface area (Å²) in [5.41, 5.74) is 3.69. The zero-order valence-electron chi connectivity index (χ0n) is 17.1. The Morgan fingerprint density at radius 1 is 1.07 bits per heavy atom. The first-order valence-corrected chi connectivity index (χ1v) is 10.7. The van der Waals surface area contributed by atoms with E-state index >= 15 is 0 Å². The summed E-state index contributed by atoms with van der Waals surface area (Å²) in [6.07, 6.45) is 3.48. The van der Waals surface area contributed by atoms with Crippen LogP contribution in [0.2, 0.25) is 0 Å². The van der Waals surface area contributed by atoms with Gasteiger partial charge in [-0.1, -0.05) is 38.1 Å². The number of hydrogen-bond donors (Lipinski definition) is 2. The zero-order chi connectivity index (χ0) is 20.2. The molecule has 2 N–H and O–H groups in total. The van der Waals surface area contributed by atoms with Crippen molar-refractivity contribution < 1.29 is 14.2 Å². The highest BCUT2D eigenvalue weighted by molar-refractivity contribution is 7.71. The standard InChI is InChI=1S/C22H27N5OS/c1-17(2)19-7-5-18(6-8-19)15-25-10-12-26(13-11-25)16-27-22(29)28-21(24-27)20-4-3-9-23-14-20/h3-9,14,17H,10-13,15-16H2,1-2H3/p+2. The van der Waals surface area contributed by atoms with Crippen molar-refractivity contribution >= 4 is 12.2 Å². The third kappa shape index (κ3) is 4.98. The van der Waals surface area contributed by atoms with Gasteiger partial charge in [0.1, 0.15) is 32.7 Å².